The number of likely N-dealkylation sites (N-methyl/N-ethyl adjacent to an activating group) is 6. The van der Waals surface area contributed by atoms with Gasteiger partial charge in [-0.15, -0.1) is 0 Å². The Hall–Kier alpha value is -6.25. The van der Waals surface area contributed by atoms with Crippen molar-refractivity contribution in [1.82, 2.24) is 56.0 Å². The number of aliphatic hydroxyl groups excluding tert-OH is 4. The summed E-state index contributed by atoms with van der Waals surface area (Å²) in [4.78, 5) is 166. The molecule has 0 spiro atoms. The lowest BCUT2D eigenvalue weighted by atomic mass is 9.91. The highest BCUT2D eigenvalue weighted by Crippen LogP contribution is 2.24. The lowest BCUT2D eigenvalue weighted by Crippen LogP contribution is -2.64. The maximum absolute atomic E-state index is 15.1. The molecule has 11 amide bonds. The van der Waals surface area contributed by atoms with Crippen LogP contribution in [0.4, 0.5) is 0 Å². The molecule has 1 aliphatic rings. The van der Waals surface area contributed by atoms with E-state index in [2.05, 4.69) is 26.6 Å². The van der Waals surface area contributed by atoms with Gasteiger partial charge in [0.2, 0.25) is 65.0 Å². The highest BCUT2D eigenvalue weighted by Gasteiger charge is 2.45. The molecule has 0 unspecified atom stereocenters. The minimum Gasteiger partial charge on any atom is -0.396 e. The number of hydrogen-bond donors (Lipinski definition) is 9. The second-order valence-electron chi connectivity index (χ2n) is 26.4. The van der Waals surface area contributed by atoms with Crippen LogP contribution in [0, 0.1) is 41.4 Å². The van der Waals surface area contributed by atoms with Gasteiger partial charge in [0, 0.05) is 48.9 Å². The fraction of sp³-hybridized carbons (Fsp3) is 0.790. The number of nitrogens with zero attached hydrogens (tertiary/aromatic N) is 6. The minimum absolute atomic E-state index is 0.0293. The molecule has 26 heteroatoms. The second kappa shape index (κ2) is 37.0. The summed E-state index contributed by atoms with van der Waals surface area (Å²) in [5, 5.41) is 56.3. The smallest absolute Gasteiger partial charge is 0.248 e. The molecular formula is C62H111N11O15. The molecule has 1 fully saturated rings. The summed E-state index contributed by atoms with van der Waals surface area (Å²) in [7, 11) is 7.91. The van der Waals surface area contributed by atoms with Crippen LogP contribution in [0.2, 0.25) is 0 Å². The molecule has 0 aromatic heterocycles. The van der Waals surface area contributed by atoms with Crippen LogP contribution in [-0.4, -0.2) is 249 Å². The maximum atomic E-state index is 15.1. The van der Waals surface area contributed by atoms with Crippen molar-refractivity contribution >= 4 is 65.0 Å². The van der Waals surface area contributed by atoms with Gasteiger partial charge >= 0.3 is 0 Å². The normalized spacial score (nSPS) is 27.0. The first-order valence-corrected chi connectivity index (χ1v) is 31.0. The average molecular weight is 1250 g/mol. The lowest BCUT2D eigenvalue weighted by molar-refractivity contribution is -0.155. The standard InChI is InChI=1S/C62H111N11O15/c1-33(2)26-43-59(85)71(19)46(29-36(7)8)54(80)63-40(13)53(79)64-41(14)58(84)70(18)47(30-38(11)32-75)56(82)66-44(27-34(3)4)60(86)72(20)50(37(9)10)62(88)73(21)51(52(78)39(12)24-22-23-25-74)57(83)67-49(42(15)76)61(87)68(16)31-48(77)69(17)45(28-35(5)6)55(81)65-43/h22-23,33-47,49-52,74-76,78H,24-32H2,1-21H3,(H,63,80)(H,64,79)(H,65,81)(H,66,82)(H,67,83)/b23-22+/t38-,39+,40-,41+,42+,43-,44-,45-,46-,47-,49-,50-,51-,52+/m0/s1. The van der Waals surface area contributed by atoms with Crippen LogP contribution in [0.3, 0.4) is 0 Å². The Morgan fingerprint density at radius 3 is 1.32 bits per heavy atom. The highest BCUT2D eigenvalue weighted by molar-refractivity contribution is 5.99. The molecule has 26 nitrogen and oxygen atoms in total. The van der Waals surface area contributed by atoms with E-state index in [1.54, 1.807) is 47.6 Å². The van der Waals surface area contributed by atoms with Crippen molar-refractivity contribution in [3.63, 3.8) is 0 Å². The molecule has 1 aliphatic heterocycles. The van der Waals surface area contributed by atoms with Crippen molar-refractivity contribution < 1.29 is 73.2 Å². The zero-order chi connectivity index (χ0) is 68.1. The van der Waals surface area contributed by atoms with Crippen LogP contribution in [-0.2, 0) is 52.7 Å². The number of carbonyl (C=O) groups excluding carboxylic acids is 11. The van der Waals surface area contributed by atoms with Gasteiger partial charge in [0.1, 0.15) is 60.4 Å². The third-order valence-corrected chi connectivity index (χ3v) is 16.0. The van der Waals surface area contributed by atoms with E-state index in [0.717, 1.165) is 24.5 Å². The molecule has 0 aliphatic carbocycles. The molecule has 0 saturated carbocycles. The number of amides is 11. The largest absolute Gasteiger partial charge is 0.396 e. The fourth-order valence-electron chi connectivity index (χ4n) is 10.7. The molecule has 14 atom stereocenters. The molecule has 0 aromatic rings. The van der Waals surface area contributed by atoms with Crippen molar-refractivity contribution in [1.29, 1.82) is 0 Å². The highest BCUT2D eigenvalue weighted by atomic mass is 16.3. The number of aliphatic hydroxyl groups is 4. The molecule has 0 bridgehead atoms. The minimum atomic E-state index is -1.82. The van der Waals surface area contributed by atoms with Gasteiger partial charge < -0.3 is 76.4 Å². The van der Waals surface area contributed by atoms with Crippen molar-refractivity contribution in [2.45, 2.75) is 215 Å². The predicted octanol–water partition coefficient (Wildman–Crippen LogP) is 0.232. The third-order valence-electron chi connectivity index (χ3n) is 16.0. The van der Waals surface area contributed by atoms with Gasteiger partial charge in [-0.05, 0) is 101 Å². The number of rotatable bonds is 18. The first-order valence-electron chi connectivity index (χ1n) is 31.0. The van der Waals surface area contributed by atoms with E-state index in [0.29, 0.717) is 0 Å². The van der Waals surface area contributed by atoms with Crippen LogP contribution in [0.1, 0.15) is 142 Å². The van der Waals surface area contributed by atoms with E-state index in [-0.39, 0.29) is 75.4 Å². The topological polar surface area (TPSA) is 348 Å². The quantitative estimate of drug-likeness (QED) is 0.0830. The Labute approximate surface area is 523 Å². The van der Waals surface area contributed by atoms with Crippen LogP contribution in [0.5, 0.6) is 0 Å². The molecule has 1 saturated heterocycles. The van der Waals surface area contributed by atoms with E-state index in [1.807, 2.05) is 41.5 Å². The number of allylic oxidation sites excluding steroid dienone is 1. The van der Waals surface area contributed by atoms with Gasteiger partial charge in [0.05, 0.1) is 25.4 Å². The molecule has 9 N–H and O–H groups in total. The average Bonchev–Trinajstić information content (AvgIpc) is 3.63. The molecule has 504 valence electrons. The van der Waals surface area contributed by atoms with Crippen molar-refractivity contribution in [3.8, 4) is 0 Å². The van der Waals surface area contributed by atoms with Crippen LogP contribution in [0.25, 0.3) is 0 Å². The summed E-state index contributed by atoms with van der Waals surface area (Å²) in [6.45, 7) is 23.7. The molecule has 0 aromatic carbocycles. The monoisotopic (exact) mass is 1250 g/mol. The van der Waals surface area contributed by atoms with Crippen LogP contribution >= 0.6 is 0 Å². The third kappa shape index (κ3) is 23.6. The van der Waals surface area contributed by atoms with Crippen LogP contribution in [0.15, 0.2) is 12.2 Å². The Balaban J connectivity index is 4.37. The second-order valence-corrected chi connectivity index (χ2v) is 26.4. The fourth-order valence-corrected chi connectivity index (χ4v) is 10.7. The zero-order valence-corrected chi connectivity index (χ0v) is 56.5. The Morgan fingerprint density at radius 1 is 0.455 bits per heavy atom. The molecule has 0 radical (unpaired) electrons. The van der Waals surface area contributed by atoms with Gasteiger partial charge in [0.25, 0.3) is 0 Å². The first kappa shape index (κ1) is 79.8. The number of carbonyl (C=O) groups is 11. The summed E-state index contributed by atoms with van der Waals surface area (Å²) in [6, 6.07) is -13.8. The van der Waals surface area contributed by atoms with E-state index in [1.165, 1.54) is 74.0 Å². The van der Waals surface area contributed by atoms with Gasteiger partial charge in [-0.25, -0.2) is 0 Å². The van der Waals surface area contributed by atoms with Crippen molar-refractivity contribution in [2.75, 3.05) is 62.0 Å². The summed E-state index contributed by atoms with van der Waals surface area (Å²) in [5.74, 6) is -11.7. The van der Waals surface area contributed by atoms with Crippen molar-refractivity contribution in [3.05, 3.63) is 12.2 Å². The number of hydrogen-bond acceptors (Lipinski definition) is 15. The van der Waals surface area contributed by atoms with Crippen molar-refractivity contribution in [2.24, 2.45) is 41.4 Å². The Morgan fingerprint density at radius 2 is 0.875 bits per heavy atom. The molecule has 1 heterocycles. The molecule has 88 heavy (non-hydrogen) atoms. The Kier molecular flexibility index (Phi) is 33.6. The summed E-state index contributed by atoms with van der Waals surface area (Å²) < 4.78 is 0. The van der Waals surface area contributed by atoms with Gasteiger partial charge in [-0.1, -0.05) is 95.2 Å². The number of nitrogens with one attached hydrogen (secondary N) is 5. The van der Waals surface area contributed by atoms with Gasteiger partial charge in [0.15, 0.2) is 0 Å². The Bertz CT molecular complexity index is 2390. The summed E-state index contributed by atoms with van der Waals surface area (Å²) in [6.07, 6.45) is -0.00695. The van der Waals surface area contributed by atoms with E-state index < -0.39 is 162 Å². The summed E-state index contributed by atoms with van der Waals surface area (Å²) >= 11 is 0. The first-order chi connectivity index (χ1) is 40.7. The van der Waals surface area contributed by atoms with E-state index in [4.69, 9.17) is 0 Å². The van der Waals surface area contributed by atoms with Gasteiger partial charge in [-0.3, -0.25) is 52.7 Å². The lowest BCUT2D eigenvalue weighted by Gasteiger charge is -2.40. The van der Waals surface area contributed by atoms with Crippen LogP contribution < -0.4 is 26.6 Å². The molecular weight excluding hydrogens is 1140 g/mol. The maximum Gasteiger partial charge on any atom is 0.248 e. The zero-order valence-electron chi connectivity index (χ0n) is 56.5. The van der Waals surface area contributed by atoms with Gasteiger partial charge in [-0.2, -0.15) is 0 Å². The van der Waals surface area contributed by atoms with E-state index in [9.17, 15) is 68.4 Å². The SMILES string of the molecule is CC(C)C[C@@H]1NC(=O)[C@H](C[C@H](C)CO)N(C)C(=O)[C@@H](C)NC(=O)[C@H](C)NC(=O)[C@H](CC(C)C)N(C)C(=O)[C@H](CC(C)C)NC(=O)[C@H](CC(C)C)N(C)C(=O)CN(C)C(=O)[C@H]([C@@H](C)O)NC(=O)[C@H]([C@H](O)[C@H](C)C/C=C/CO)N(C)C(=O)[C@H](C(C)C)N(C)C1=O. The summed E-state index contributed by atoms with van der Waals surface area (Å²) in [5.41, 5.74) is 0. The predicted molar refractivity (Wildman–Crippen MR) is 333 cm³/mol. The van der Waals surface area contributed by atoms with E-state index >= 15 is 4.79 Å². The molecule has 1 rings (SSSR count).